The van der Waals surface area contributed by atoms with Gasteiger partial charge in [-0.15, -0.1) is 0 Å². The molecule has 1 rings (SSSR count). The van der Waals surface area contributed by atoms with Gasteiger partial charge >= 0.3 is 0 Å². The molecule has 114 valence electrons. The Labute approximate surface area is 126 Å². The summed E-state index contributed by atoms with van der Waals surface area (Å²) in [5, 5.41) is 3.64. The van der Waals surface area contributed by atoms with Crippen molar-refractivity contribution in [2.45, 2.75) is 53.4 Å². The first-order valence-electron chi connectivity index (χ1n) is 8.32. The summed E-state index contributed by atoms with van der Waals surface area (Å²) in [6.07, 6.45) is 5.27. The number of hydrogen-bond acceptors (Lipinski definition) is 1. The van der Waals surface area contributed by atoms with Crippen LogP contribution in [0.5, 0.6) is 0 Å². The third kappa shape index (κ3) is 8.37. The van der Waals surface area contributed by atoms with Crippen LogP contribution in [0.4, 0.5) is 0 Å². The first kappa shape index (κ1) is 17.2. The van der Waals surface area contributed by atoms with Crippen LogP contribution in [-0.2, 0) is 6.42 Å². The molecule has 1 aromatic carbocycles. The average molecular weight is 275 g/mol. The fourth-order valence-electron chi connectivity index (χ4n) is 2.61. The Kier molecular flexibility index (Phi) is 8.60. The highest BCUT2D eigenvalue weighted by Gasteiger charge is 2.10. The van der Waals surface area contributed by atoms with E-state index in [2.05, 4.69) is 63.3 Å². The molecule has 1 atom stereocenters. The third-order valence-electron chi connectivity index (χ3n) is 3.75. The Morgan fingerprint density at radius 1 is 0.850 bits per heavy atom. The van der Waals surface area contributed by atoms with Crippen molar-refractivity contribution in [2.24, 2.45) is 17.8 Å². The van der Waals surface area contributed by atoms with E-state index in [0.29, 0.717) is 0 Å². The lowest BCUT2D eigenvalue weighted by molar-refractivity contribution is 0.396. The van der Waals surface area contributed by atoms with E-state index in [9.17, 15) is 0 Å². The van der Waals surface area contributed by atoms with E-state index in [1.165, 1.54) is 31.2 Å². The van der Waals surface area contributed by atoms with Crippen molar-refractivity contribution >= 4 is 0 Å². The van der Waals surface area contributed by atoms with Gasteiger partial charge in [0.1, 0.15) is 0 Å². The summed E-state index contributed by atoms with van der Waals surface area (Å²) in [7, 11) is 0. The first-order valence-corrected chi connectivity index (χ1v) is 8.32. The molecule has 1 N–H and O–H groups in total. The Bertz CT molecular complexity index is 315. The molecule has 0 amide bonds. The van der Waals surface area contributed by atoms with E-state index in [1.807, 2.05) is 0 Å². The van der Waals surface area contributed by atoms with Crippen molar-refractivity contribution in [1.29, 1.82) is 0 Å². The molecular formula is C19H33N. The van der Waals surface area contributed by atoms with Gasteiger partial charge in [0.2, 0.25) is 0 Å². The van der Waals surface area contributed by atoms with Crippen molar-refractivity contribution < 1.29 is 0 Å². The monoisotopic (exact) mass is 275 g/mol. The molecular weight excluding hydrogens is 242 g/mol. The minimum Gasteiger partial charge on any atom is -0.316 e. The van der Waals surface area contributed by atoms with Crippen molar-refractivity contribution in [3.63, 3.8) is 0 Å². The zero-order chi connectivity index (χ0) is 14.8. The standard InChI is InChI=1S/C19H33N/c1-16(2)9-8-12-19(15-20-14-17(3)4)13-18-10-6-5-7-11-18/h5-7,10-11,16-17,19-20H,8-9,12-15H2,1-4H3. The molecule has 1 aromatic rings. The van der Waals surface area contributed by atoms with E-state index in [-0.39, 0.29) is 0 Å². The predicted molar refractivity (Wildman–Crippen MR) is 90.0 cm³/mol. The molecule has 0 radical (unpaired) electrons. The third-order valence-corrected chi connectivity index (χ3v) is 3.75. The second-order valence-corrected chi connectivity index (χ2v) is 6.93. The number of nitrogens with one attached hydrogen (secondary N) is 1. The molecule has 0 bridgehead atoms. The van der Waals surface area contributed by atoms with Crippen LogP contribution < -0.4 is 5.32 Å². The van der Waals surface area contributed by atoms with Crippen molar-refractivity contribution in [2.75, 3.05) is 13.1 Å². The van der Waals surface area contributed by atoms with Gasteiger partial charge in [-0.2, -0.15) is 0 Å². The quantitative estimate of drug-likeness (QED) is 0.639. The lowest BCUT2D eigenvalue weighted by Gasteiger charge is -2.19. The highest BCUT2D eigenvalue weighted by Crippen LogP contribution is 2.17. The largest absolute Gasteiger partial charge is 0.316 e. The summed E-state index contributed by atoms with van der Waals surface area (Å²) < 4.78 is 0. The highest BCUT2D eigenvalue weighted by atomic mass is 14.9. The fraction of sp³-hybridized carbons (Fsp3) is 0.684. The van der Waals surface area contributed by atoms with E-state index < -0.39 is 0 Å². The van der Waals surface area contributed by atoms with Crippen LogP contribution in [0.1, 0.15) is 52.5 Å². The SMILES string of the molecule is CC(C)CCCC(CNCC(C)C)Cc1ccccc1. The molecule has 0 aromatic heterocycles. The molecule has 0 aliphatic carbocycles. The molecule has 20 heavy (non-hydrogen) atoms. The molecule has 1 unspecified atom stereocenters. The van der Waals surface area contributed by atoms with Gasteiger partial charge in [-0.1, -0.05) is 70.9 Å². The molecule has 0 saturated carbocycles. The highest BCUT2D eigenvalue weighted by molar-refractivity contribution is 5.15. The lowest BCUT2D eigenvalue weighted by atomic mass is 9.92. The summed E-state index contributed by atoms with van der Waals surface area (Å²) in [6.45, 7) is 11.5. The molecule has 0 aliphatic rings. The molecule has 1 heteroatoms. The van der Waals surface area contributed by atoms with Crippen LogP contribution in [0, 0.1) is 17.8 Å². The molecule has 0 saturated heterocycles. The molecule has 0 spiro atoms. The maximum absolute atomic E-state index is 3.64. The number of rotatable bonds is 10. The second-order valence-electron chi connectivity index (χ2n) is 6.93. The number of hydrogen-bond donors (Lipinski definition) is 1. The van der Waals surface area contributed by atoms with Crippen LogP contribution in [-0.4, -0.2) is 13.1 Å². The van der Waals surface area contributed by atoms with Crippen LogP contribution >= 0.6 is 0 Å². The van der Waals surface area contributed by atoms with Gasteiger partial charge in [-0.3, -0.25) is 0 Å². The van der Waals surface area contributed by atoms with E-state index >= 15 is 0 Å². The normalized spacial score (nSPS) is 13.1. The van der Waals surface area contributed by atoms with Gasteiger partial charge in [0.15, 0.2) is 0 Å². The Morgan fingerprint density at radius 3 is 2.15 bits per heavy atom. The topological polar surface area (TPSA) is 12.0 Å². The Morgan fingerprint density at radius 2 is 1.55 bits per heavy atom. The Hall–Kier alpha value is -0.820. The fourth-order valence-corrected chi connectivity index (χ4v) is 2.61. The van der Waals surface area contributed by atoms with Crippen LogP contribution in [0.25, 0.3) is 0 Å². The summed E-state index contributed by atoms with van der Waals surface area (Å²) in [5.74, 6) is 2.34. The smallest absolute Gasteiger partial charge is 0.00172 e. The van der Waals surface area contributed by atoms with Crippen molar-refractivity contribution in [3.8, 4) is 0 Å². The Balaban J connectivity index is 2.41. The summed E-state index contributed by atoms with van der Waals surface area (Å²) in [5.41, 5.74) is 1.48. The van der Waals surface area contributed by atoms with Gasteiger partial charge in [0, 0.05) is 0 Å². The van der Waals surface area contributed by atoms with E-state index in [1.54, 1.807) is 0 Å². The maximum atomic E-state index is 3.64. The second kappa shape index (κ2) is 9.99. The maximum Gasteiger partial charge on any atom is -0.00172 e. The molecule has 0 heterocycles. The van der Waals surface area contributed by atoms with Crippen molar-refractivity contribution in [1.82, 2.24) is 5.32 Å². The predicted octanol–water partition coefficient (Wildman–Crippen LogP) is 4.92. The summed E-state index contributed by atoms with van der Waals surface area (Å²) in [4.78, 5) is 0. The van der Waals surface area contributed by atoms with Gasteiger partial charge in [-0.05, 0) is 49.2 Å². The van der Waals surface area contributed by atoms with Gasteiger partial charge < -0.3 is 5.32 Å². The minimum atomic E-state index is 0.739. The average Bonchev–Trinajstić information content (AvgIpc) is 2.38. The minimum absolute atomic E-state index is 0.739. The van der Waals surface area contributed by atoms with Crippen LogP contribution in [0.2, 0.25) is 0 Å². The van der Waals surface area contributed by atoms with Crippen molar-refractivity contribution in [3.05, 3.63) is 35.9 Å². The number of benzene rings is 1. The zero-order valence-electron chi connectivity index (χ0n) is 13.9. The zero-order valence-corrected chi connectivity index (χ0v) is 13.9. The van der Waals surface area contributed by atoms with Gasteiger partial charge in [0.05, 0.1) is 0 Å². The van der Waals surface area contributed by atoms with Crippen LogP contribution in [0.3, 0.4) is 0 Å². The molecule has 0 aliphatic heterocycles. The van der Waals surface area contributed by atoms with Crippen LogP contribution in [0.15, 0.2) is 30.3 Å². The van der Waals surface area contributed by atoms with Gasteiger partial charge in [0.25, 0.3) is 0 Å². The summed E-state index contributed by atoms with van der Waals surface area (Å²) in [6, 6.07) is 10.9. The molecule has 1 nitrogen and oxygen atoms in total. The van der Waals surface area contributed by atoms with E-state index in [0.717, 1.165) is 30.8 Å². The lowest BCUT2D eigenvalue weighted by Crippen LogP contribution is -2.27. The summed E-state index contributed by atoms with van der Waals surface area (Å²) >= 11 is 0. The first-order chi connectivity index (χ1) is 9.58. The molecule has 0 fully saturated rings. The van der Waals surface area contributed by atoms with E-state index in [4.69, 9.17) is 0 Å². The van der Waals surface area contributed by atoms with Gasteiger partial charge in [-0.25, -0.2) is 0 Å².